The van der Waals surface area contributed by atoms with Crippen LogP contribution >= 0.6 is 0 Å². The lowest BCUT2D eigenvalue weighted by Gasteiger charge is -2.22. The Kier molecular flexibility index (Phi) is 3.77. The second kappa shape index (κ2) is 5.80. The summed E-state index contributed by atoms with van der Waals surface area (Å²) in [6, 6.07) is 8.82. The van der Waals surface area contributed by atoms with Gasteiger partial charge >= 0.3 is 6.03 Å². The minimum absolute atomic E-state index is 0.0801. The Hall–Kier alpha value is -1.59. The van der Waals surface area contributed by atoms with E-state index >= 15 is 0 Å². The quantitative estimate of drug-likeness (QED) is 0.895. The fraction of sp³-hybridized carbons (Fsp3) is 0.611. The maximum atomic E-state index is 12.1. The van der Waals surface area contributed by atoms with E-state index < -0.39 is 5.79 Å². The van der Waals surface area contributed by atoms with Crippen molar-refractivity contribution >= 4 is 6.03 Å². The van der Waals surface area contributed by atoms with Gasteiger partial charge in [0.25, 0.3) is 0 Å². The Bertz CT molecular complexity index is 598. The molecule has 1 aliphatic heterocycles. The predicted octanol–water partition coefficient (Wildman–Crippen LogP) is 2.17. The van der Waals surface area contributed by atoms with Crippen LogP contribution in [0.15, 0.2) is 24.3 Å². The number of rotatable bonds is 4. The zero-order chi connectivity index (χ0) is 15.9. The summed E-state index contributed by atoms with van der Waals surface area (Å²) < 4.78 is 11.1. The van der Waals surface area contributed by atoms with Crippen molar-refractivity contribution in [3.05, 3.63) is 35.4 Å². The second-order valence-corrected chi connectivity index (χ2v) is 6.93. The zero-order valence-electron chi connectivity index (χ0n) is 13.5. The highest BCUT2D eigenvalue weighted by atomic mass is 16.7. The molecule has 1 aromatic carbocycles. The van der Waals surface area contributed by atoms with Gasteiger partial charge in [0.2, 0.25) is 0 Å². The Morgan fingerprint density at radius 3 is 2.91 bits per heavy atom. The number of carbonyl (C=O) groups excluding carboxylic acids is 1. The summed E-state index contributed by atoms with van der Waals surface area (Å²) in [6.07, 6.45) is 2.97. The van der Waals surface area contributed by atoms with Crippen LogP contribution in [-0.4, -0.2) is 37.6 Å². The van der Waals surface area contributed by atoms with Crippen LogP contribution in [0.4, 0.5) is 4.79 Å². The van der Waals surface area contributed by atoms with Gasteiger partial charge in [0, 0.05) is 24.9 Å². The van der Waals surface area contributed by atoms with Gasteiger partial charge in [-0.15, -0.1) is 0 Å². The Morgan fingerprint density at radius 1 is 1.30 bits per heavy atom. The summed E-state index contributed by atoms with van der Waals surface area (Å²) in [6.45, 7) is 3.74. The maximum Gasteiger partial charge on any atom is 0.315 e. The van der Waals surface area contributed by atoms with E-state index in [0.29, 0.717) is 38.0 Å². The third-order valence-corrected chi connectivity index (χ3v) is 5.39. The summed E-state index contributed by atoms with van der Waals surface area (Å²) in [5.74, 6) is 0.569. The van der Waals surface area contributed by atoms with E-state index in [9.17, 15) is 4.79 Å². The molecule has 0 bridgehead atoms. The molecule has 3 unspecified atom stereocenters. The van der Waals surface area contributed by atoms with Crippen LogP contribution in [0.2, 0.25) is 0 Å². The van der Waals surface area contributed by atoms with Gasteiger partial charge in [-0.1, -0.05) is 24.3 Å². The largest absolute Gasteiger partial charge is 0.348 e. The molecule has 0 radical (unpaired) electrons. The minimum atomic E-state index is -0.542. The van der Waals surface area contributed by atoms with Crippen molar-refractivity contribution in [3.8, 4) is 0 Å². The average Bonchev–Trinajstić information content (AvgIpc) is 3.07. The lowest BCUT2D eigenvalue weighted by atomic mass is 9.92. The first-order valence-corrected chi connectivity index (χ1v) is 8.56. The third-order valence-electron chi connectivity index (χ3n) is 5.39. The molecule has 2 N–H and O–H groups in total. The van der Waals surface area contributed by atoms with E-state index in [1.54, 1.807) is 0 Å². The molecule has 1 heterocycles. The third kappa shape index (κ3) is 2.95. The molecule has 1 saturated heterocycles. The van der Waals surface area contributed by atoms with Gasteiger partial charge in [-0.2, -0.15) is 0 Å². The lowest BCUT2D eigenvalue weighted by molar-refractivity contribution is -0.145. The van der Waals surface area contributed by atoms with Crippen LogP contribution in [-0.2, 0) is 15.9 Å². The second-order valence-electron chi connectivity index (χ2n) is 6.93. The molecular formula is C18H24N2O3. The fourth-order valence-corrected chi connectivity index (χ4v) is 4.07. The summed E-state index contributed by atoms with van der Waals surface area (Å²) in [5.41, 5.74) is 2.87. The van der Waals surface area contributed by atoms with Gasteiger partial charge in [0.05, 0.1) is 13.2 Å². The molecule has 2 aliphatic carbocycles. The number of urea groups is 1. The van der Waals surface area contributed by atoms with Crippen molar-refractivity contribution in [2.45, 2.75) is 43.9 Å². The molecule has 4 rings (SSSR count). The molecule has 3 aliphatic rings. The first kappa shape index (κ1) is 15.0. The topological polar surface area (TPSA) is 59.6 Å². The van der Waals surface area contributed by atoms with Crippen molar-refractivity contribution in [1.29, 1.82) is 0 Å². The van der Waals surface area contributed by atoms with E-state index in [1.807, 2.05) is 6.92 Å². The first-order chi connectivity index (χ1) is 11.2. The summed E-state index contributed by atoms with van der Waals surface area (Å²) >= 11 is 0. The van der Waals surface area contributed by atoms with E-state index in [0.717, 1.165) is 6.42 Å². The molecule has 3 atom stereocenters. The number of fused-ring (bicyclic) bond motifs is 3. The highest BCUT2D eigenvalue weighted by Crippen LogP contribution is 2.54. The monoisotopic (exact) mass is 316 g/mol. The number of hydrogen-bond acceptors (Lipinski definition) is 3. The standard InChI is InChI=1S/C18H24N2O3/c1-18(22-10-11-23-18)8-9-19-17(21)20-16-14-7-6-12-4-2-3-5-13(12)15(14)16/h2-5,14-16H,6-11H2,1H3,(H2,19,20,21). The number of amides is 2. The molecule has 1 saturated carbocycles. The van der Waals surface area contributed by atoms with Gasteiger partial charge in [0.15, 0.2) is 5.79 Å². The van der Waals surface area contributed by atoms with Crippen molar-refractivity contribution < 1.29 is 14.3 Å². The van der Waals surface area contributed by atoms with Crippen LogP contribution in [0.5, 0.6) is 0 Å². The fourth-order valence-electron chi connectivity index (χ4n) is 4.07. The van der Waals surface area contributed by atoms with Crippen LogP contribution in [0, 0.1) is 5.92 Å². The van der Waals surface area contributed by atoms with Gasteiger partial charge in [-0.3, -0.25) is 0 Å². The van der Waals surface area contributed by atoms with Crippen molar-refractivity contribution in [2.75, 3.05) is 19.8 Å². The number of hydrogen-bond donors (Lipinski definition) is 2. The number of carbonyl (C=O) groups is 1. The number of aryl methyl sites for hydroxylation is 1. The van der Waals surface area contributed by atoms with Crippen molar-refractivity contribution in [1.82, 2.24) is 10.6 Å². The van der Waals surface area contributed by atoms with E-state index in [2.05, 4.69) is 34.9 Å². The number of benzene rings is 1. The Labute approximate surface area is 136 Å². The molecule has 5 nitrogen and oxygen atoms in total. The van der Waals surface area contributed by atoms with Gasteiger partial charge in [-0.05, 0) is 36.8 Å². The van der Waals surface area contributed by atoms with Gasteiger partial charge in [0.1, 0.15) is 0 Å². The van der Waals surface area contributed by atoms with Gasteiger partial charge < -0.3 is 20.1 Å². The van der Waals surface area contributed by atoms with Crippen LogP contribution in [0.25, 0.3) is 0 Å². The maximum absolute atomic E-state index is 12.1. The first-order valence-electron chi connectivity index (χ1n) is 8.56. The predicted molar refractivity (Wildman–Crippen MR) is 86.2 cm³/mol. The SMILES string of the molecule is CC1(CCNC(=O)NC2C3CCc4ccccc4C32)OCCO1. The zero-order valence-corrected chi connectivity index (χ0v) is 13.5. The highest BCUT2D eigenvalue weighted by molar-refractivity contribution is 5.75. The van der Waals surface area contributed by atoms with E-state index in [4.69, 9.17) is 9.47 Å². The molecule has 0 aromatic heterocycles. The summed E-state index contributed by atoms with van der Waals surface area (Å²) in [5, 5.41) is 6.07. The molecule has 1 aromatic rings. The molecule has 23 heavy (non-hydrogen) atoms. The Morgan fingerprint density at radius 2 is 2.09 bits per heavy atom. The Balaban J connectivity index is 1.26. The van der Waals surface area contributed by atoms with Crippen LogP contribution in [0.3, 0.4) is 0 Å². The average molecular weight is 316 g/mol. The molecular weight excluding hydrogens is 292 g/mol. The van der Waals surface area contributed by atoms with E-state index in [1.165, 1.54) is 17.5 Å². The molecule has 124 valence electrons. The molecule has 2 fully saturated rings. The number of ether oxygens (including phenoxy) is 2. The molecule has 5 heteroatoms. The summed E-state index contributed by atoms with van der Waals surface area (Å²) in [4.78, 5) is 12.1. The van der Waals surface area contributed by atoms with Crippen molar-refractivity contribution in [3.63, 3.8) is 0 Å². The van der Waals surface area contributed by atoms with E-state index in [-0.39, 0.29) is 12.1 Å². The molecule has 2 amide bonds. The van der Waals surface area contributed by atoms with Crippen molar-refractivity contribution in [2.24, 2.45) is 5.92 Å². The minimum Gasteiger partial charge on any atom is -0.348 e. The lowest BCUT2D eigenvalue weighted by Crippen LogP contribution is -2.40. The summed E-state index contributed by atoms with van der Waals surface area (Å²) in [7, 11) is 0. The highest BCUT2D eigenvalue weighted by Gasteiger charge is 2.53. The van der Waals surface area contributed by atoms with Crippen LogP contribution < -0.4 is 10.6 Å². The number of nitrogens with one attached hydrogen (secondary N) is 2. The van der Waals surface area contributed by atoms with Gasteiger partial charge in [-0.25, -0.2) is 4.79 Å². The smallest absolute Gasteiger partial charge is 0.315 e. The molecule has 0 spiro atoms. The normalized spacial score (nSPS) is 30.2. The van der Waals surface area contributed by atoms with Crippen LogP contribution in [0.1, 0.15) is 36.8 Å².